The molecule has 0 aliphatic carbocycles. The van der Waals surface area contributed by atoms with Gasteiger partial charge in [-0.25, -0.2) is 8.42 Å². The van der Waals surface area contributed by atoms with Gasteiger partial charge in [0.25, 0.3) is 0 Å². The second-order valence-corrected chi connectivity index (χ2v) is 11.4. The first kappa shape index (κ1) is 27.7. The summed E-state index contributed by atoms with van der Waals surface area (Å²) in [6, 6.07) is 5.30. The fraction of sp³-hybridized carbons (Fsp3) is 0.520. The lowest BCUT2D eigenvalue weighted by atomic mass is 10.1. The molecule has 3 heterocycles. The molecule has 0 amide bonds. The maximum absolute atomic E-state index is 13.8. The van der Waals surface area contributed by atoms with E-state index >= 15 is 0 Å². The van der Waals surface area contributed by atoms with E-state index in [1.54, 1.807) is 35.9 Å². The first-order valence-corrected chi connectivity index (χ1v) is 13.9. The molecule has 1 N–H and O–H groups in total. The van der Waals surface area contributed by atoms with Crippen LogP contribution in [0.5, 0.6) is 11.5 Å². The third kappa shape index (κ3) is 5.74. The molecule has 1 aliphatic heterocycles. The van der Waals surface area contributed by atoms with Crippen molar-refractivity contribution < 1.29 is 27.4 Å². The van der Waals surface area contributed by atoms with Crippen molar-refractivity contribution in [2.45, 2.75) is 57.5 Å². The summed E-state index contributed by atoms with van der Waals surface area (Å²) in [7, 11) is -1.01. The number of nitrogens with one attached hydrogen (secondary N) is 1. The number of rotatable bonds is 11. The molecular formula is C25H34N6O6S. The third-order valence-electron chi connectivity index (χ3n) is 6.27. The topological polar surface area (TPSA) is 140 Å². The fourth-order valence-electron chi connectivity index (χ4n) is 4.28. The Bertz CT molecular complexity index is 1320. The van der Waals surface area contributed by atoms with Crippen LogP contribution in [-0.2, 0) is 19.5 Å². The minimum absolute atomic E-state index is 0.000151. The normalized spacial score (nSPS) is 17.4. The summed E-state index contributed by atoms with van der Waals surface area (Å²) >= 11 is 0. The molecule has 3 aromatic rings. The minimum Gasteiger partial charge on any atom is -0.494 e. The Morgan fingerprint density at radius 3 is 2.34 bits per heavy atom. The Hall–Kier alpha value is -3.29. The van der Waals surface area contributed by atoms with Gasteiger partial charge in [-0.2, -0.15) is 0 Å². The molecular weight excluding hydrogens is 512 g/mol. The van der Waals surface area contributed by atoms with Crippen molar-refractivity contribution >= 4 is 16.0 Å². The molecule has 13 heteroatoms. The summed E-state index contributed by atoms with van der Waals surface area (Å²) in [6.07, 6.45) is 2.71. The van der Waals surface area contributed by atoms with Crippen molar-refractivity contribution in [1.29, 1.82) is 0 Å². The molecule has 0 bridgehead atoms. The van der Waals surface area contributed by atoms with Gasteiger partial charge in [0.2, 0.25) is 16.0 Å². The second-order valence-electron chi connectivity index (χ2n) is 9.33. The minimum atomic E-state index is -4.08. The molecule has 3 atom stereocenters. The smallest absolute Gasteiger partial charge is 0.243 e. The number of sulfonamides is 1. The molecule has 12 nitrogen and oxygen atoms in total. The predicted octanol–water partition coefficient (Wildman–Crippen LogP) is 3.18. The van der Waals surface area contributed by atoms with Crippen molar-refractivity contribution in [1.82, 2.24) is 24.7 Å². The number of nitrogens with zero attached hydrogens (tertiary/aromatic N) is 5. The highest BCUT2D eigenvalue weighted by Gasteiger charge is 2.36. The van der Waals surface area contributed by atoms with Crippen LogP contribution in [0.15, 0.2) is 30.6 Å². The molecule has 1 aliphatic rings. The first-order chi connectivity index (χ1) is 18.2. The van der Waals surface area contributed by atoms with Gasteiger partial charge in [0.15, 0.2) is 0 Å². The molecule has 0 saturated carbocycles. The predicted molar refractivity (Wildman–Crippen MR) is 140 cm³/mol. The van der Waals surface area contributed by atoms with Gasteiger partial charge in [-0.15, -0.1) is 10.2 Å². The highest BCUT2D eigenvalue weighted by Crippen LogP contribution is 2.38. The largest absolute Gasteiger partial charge is 0.494 e. The molecule has 1 saturated heterocycles. The molecule has 0 spiro atoms. The zero-order chi connectivity index (χ0) is 27.4. The third-order valence-corrected chi connectivity index (χ3v) is 7.96. The Balaban J connectivity index is 1.78. The number of hydrogen-bond acceptors (Lipinski definition) is 10. The van der Waals surface area contributed by atoms with E-state index in [4.69, 9.17) is 18.9 Å². The van der Waals surface area contributed by atoms with E-state index in [1.165, 1.54) is 20.4 Å². The number of para-hydroxylation sites is 1. The number of aromatic nitrogens is 5. The van der Waals surface area contributed by atoms with E-state index in [0.717, 1.165) is 6.42 Å². The van der Waals surface area contributed by atoms with Gasteiger partial charge in [-0.05, 0) is 46.2 Å². The Kier molecular flexibility index (Phi) is 8.48. The van der Waals surface area contributed by atoms with Gasteiger partial charge in [-0.1, -0.05) is 6.07 Å². The van der Waals surface area contributed by atoms with Crippen LogP contribution in [-0.4, -0.2) is 71.9 Å². The lowest BCUT2D eigenvalue weighted by molar-refractivity contribution is 0.00394. The average Bonchev–Trinajstić information content (AvgIpc) is 3.56. The summed E-state index contributed by atoms with van der Waals surface area (Å²) in [6.45, 7) is 8.05. The molecule has 2 aromatic heterocycles. The Morgan fingerprint density at radius 2 is 1.79 bits per heavy atom. The van der Waals surface area contributed by atoms with Gasteiger partial charge in [0.1, 0.15) is 34.4 Å². The van der Waals surface area contributed by atoms with Crippen LogP contribution in [0.1, 0.15) is 56.4 Å². The van der Waals surface area contributed by atoms with Crippen molar-refractivity contribution in [3.63, 3.8) is 0 Å². The second kappa shape index (κ2) is 11.6. The van der Waals surface area contributed by atoms with Crippen LogP contribution < -0.4 is 14.2 Å². The monoisotopic (exact) mass is 546 g/mol. The maximum Gasteiger partial charge on any atom is 0.243 e. The van der Waals surface area contributed by atoms with Gasteiger partial charge < -0.3 is 18.9 Å². The fourth-order valence-corrected chi connectivity index (χ4v) is 5.39. The molecule has 1 aromatic carbocycles. The van der Waals surface area contributed by atoms with E-state index < -0.39 is 21.4 Å². The Morgan fingerprint density at radius 1 is 1.08 bits per heavy atom. The van der Waals surface area contributed by atoms with Crippen LogP contribution in [0, 0.1) is 6.92 Å². The summed E-state index contributed by atoms with van der Waals surface area (Å²) in [5.74, 6) is 1.38. The number of benzene rings is 1. The van der Waals surface area contributed by atoms with Gasteiger partial charge in [-0.3, -0.25) is 19.3 Å². The number of ether oxygens (including phenoxy) is 4. The van der Waals surface area contributed by atoms with Crippen LogP contribution >= 0.6 is 0 Å². The van der Waals surface area contributed by atoms with Gasteiger partial charge in [0.05, 0.1) is 44.5 Å². The van der Waals surface area contributed by atoms with Gasteiger partial charge in [0, 0.05) is 18.7 Å². The SMILES string of the molecule is COc1cccc(OC)c1-n1c(NS(=O)(=O)[C@@H](C)[C@@H](OC(C)C)c2cnc(C)cn2)nnc1[C@@H]1CCOC1. The van der Waals surface area contributed by atoms with E-state index in [0.29, 0.717) is 47.6 Å². The lowest BCUT2D eigenvalue weighted by Crippen LogP contribution is -2.34. The average molecular weight is 547 g/mol. The summed E-state index contributed by atoms with van der Waals surface area (Å²) in [5, 5.41) is 7.57. The van der Waals surface area contributed by atoms with Gasteiger partial charge >= 0.3 is 0 Å². The highest BCUT2D eigenvalue weighted by atomic mass is 32.2. The molecule has 0 unspecified atom stereocenters. The number of methoxy groups -OCH3 is 2. The quantitative estimate of drug-likeness (QED) is 0.381. The van der Waals surface area contributed by atoms with Crippen molar-refractivity contribution in [2.24, 2.45) is 0 Å². The summed E-state index contributed by atoms with van der Waals surface area (Å²) in [4.78, 5) is 8.65. The van der Waals surface area contributed by atoms with Crippen LogP contribution in [0.3, 0.4) is 0 Å². The maximum atomic E-state index is 13.8. The molecule has 0 radical (unpaired) electrons. The van der Waals surface area contributed by atoms with E-state index in [9.17, 15) is 8.42 Å². The van der Waals surface area contributed by atoms with Crippen LogP contribution in [0.25, 0.3) is 5.69 Å². The first-order valence-electron chi connectivity index (χ1n) is 12.4. The van der Waals surface area contributed by atoms with Crippen LogP contribution in [0.4, 0.5) is 5.95 Å². The molecule has 4 rings (SSSR count). The standard InChI is InChI=1S/C25H34N6O6S/c1-15(2)37-23(19-13-26-16(3)12-27-19)17(4)38(32,33)30-25-29-28-24(18-10-11-36-14-18)31(25)22-20(34-5)8-7-9-21(22)35-6/h7-9,12-13,15,17-18,23H,10-11,14H2,1-6H3,(H,29,30)/t17-,18+,23+/m0/s1. The van der Waals surface area contributed by atoms with E-state index in [2.05, 4.69) is 24.9 Å². The molecule has 38 heavy (non-hydrogen) atoms. The number of anilines is 1. The van der Waals surface area contributed by atoms with Crippen LogP contribution in [0.2, 0.25) is 0 Å². The zero-order valence-electron chi connectivity index (χ0n) is 22.4. The van der Waals surface area contributed by atoms with E-state index in [-0.39, 0.29) is 18.0 Å². The highest BCUT2D eigenvalue weighted by molar-refractivity contribution is 7.93. The summed E-state index contributed by atoms with van der Waals surface area (Å²) < 4.78 is 54.7. The zero-order valence-corrected chi connectivity index (χ0v) is 23.2. The Labute approximate surface area is 222 Å². The lowest BCUT2D eigenvalue weighted by Gasteiger charge is -2.26. The molecule has 206 valence electrons. The molecule has 1 fully saturated rings. The van der Waals surface area contributed by atoms with Crippen molar-refractivity contribution in [2.75, 3.05) is 32.2 Å². The summed E-state index contributed by atoms with van der Waals surface area (Å²) in [5.41, 5.74) is 1.61. The van der Waals surface area contributed by atoms with E-state index in [1.807, 2.05) is 20.8 Å². The number of aryl methyl sites for hydroxylation is 1. The number of hydrogen-bond donors (Lipinski definition) is 1. The van der Waals surface area contributed by atoms with Crippen molar-refractivity contribution in [3.8, 4) is 17.2 Å². The van der Waals surface area contributed by atoms with Crippen molar-refractivity contribution in [3.05, 3.63) is 47.8 Å².